The largest absolute Gasteiger partial charge is 0.409 e. The van der Waals surface area contributed by atoms with Crippen LogP contribution in [0.25, 0.3) is 0 Å². The van der Waals surface area contributed by atoms with Crippen molar-refractivity contribution in [1.29, 1.82) is 0 Å². The third-order valence-corrected chi connectivity index (χ3v) is 3.11. The Kier molecular flexibility index (Phi) is 10.3. The fourth-order valence-corrected chi connectivity index (χ4v) is 1.83. The zero-order valence-electron chi connectivity index (χ0n) is 10.9. The summed E-state index contributed by atoms with van der Waals surface area (Å²) in [5.41, 5.74) is 5.51. The van der Waals surface area contributed by atoms with Gasteiger partial charge in [-0.3, -0.25) is 0 Å². The van der Waals surface area contributed by atoms with Gasteiger partial charge in [-0.25, -0.2) is 0 Å². The summed E-state index contributed by atoms with van der Waals surface area (Å²) in [7, 11) is 0. The number of hydrogen-bond acceptors (Lipinski definition) is 2. The first kappa shape index (κ1) is 15.3. The molecule has 0 amide bonds. The molecule has 0 bridgehead atoms. The molecule has 96 valence electrons. The molecule has 3 N–H and O–H groups in total. The van der Waals surface area contributed by atoms with Gasteiger partial charge >= 0.3 is 0 Å². The number of amidine groups is 1. The fourth-order valence-electron chi connectivity index (χ4n) is 1.83. The molecule has 0 aliphatic rings. The second-order valence-electron chi connectivity index (χ2n) is 4.69. The number of nitrogens with zero attached hydrogens (tertiary/aromatic N) is 1. The number of nitrogens with two attached hydrogens (primary N) is 1. The maximum Gasteiger partial charge on any atom is 0.141 e. The molecule has 0 aliphatic carbocycles. The summed E-state index contributed by atoms with van der Waals surface area (Å²) in [5.74, 6) is 0.577. The summed E-state index contributed by atoms with van der Waals surface area (Å²) in [6, 6.07) is 0. The predicted octanol–water partition coefficient (Wildman–Crippen LogP) is 3.90. The molecule has 0 aromatic carbocycles. The van der Waals surface area contributed by atoms with Crippen LogP contribution in [0.3, 0.4) is 0 Å². The van der Waals surface area contributed by atoms with Gasteiger partial charge in [0.2, 0.25) is 0 Å². The zero-order valence-corrected chi connectivity index (χ0v) is 10.9. The molecule has 1 unspecified atom stereocenters. The highest BCUT2D eigenvalue weighted by Gasteiger charge is 2.06. The normalized spacial score (nSPS) is 14.0. The first-order valence-corrected chi connectivity index (χ1v) is 6.69. The molecule has 0 fully saturated rings. The van der Waals surface area contributed by atoms with Gasteiger partial charge in [0.25, 0.3) is 0 Å². The molecule has 0 rings (SSSR count). The Hall–Kier alpha value is -0.730. The summed E-state index contributed by atoms with van der Waals surface area (Å²) >= 11 is 0. The second-order valence-corrected chi connectivity index (χ2v) is 4.69. The fraction of sp³-hybridized carbons (Fsp3) is 0.923. The van der Waals surface area contributed by atoms with E-state index in [1.165, 1.54) is 51.4 Å². The molecular formula is C13H28N2O. The molecule has 3 nitrogen and oxygen atoms in total. The van der Waals surface area contributed by atoms with E-state index in [9.17, 15) is 0 Å². The lowest BCUT2D eigenvalue weighted by atomic mass is 10.0. The van der Waals surface area contributed by atoms with Crippen LogP contribution in [0.1, 0.15) is 71.6 Å². The Balaban J connectivity index is 3.21. The monoisotopic (exact) mass is 228 g/mol. The molecule has 0 heterocycles. The van der Waals surface area contributed by atoms with Crippen molar-refractivity contribution >= 4 is 5.84 Å². The van der Waals surface area contributed by atoms with E-state index in [2.05, 4.69) is 12.1 Å². The lowest BCUT2D eigenvalue weighted by Crippen LogP contribution is -2.21. The van der Waals surface area contributed by atoms with E-state index in [1.807, 2.05) is 6.92 Å². The number of rotatable bonds is 10. The van der Waals surface area contributed by atoms with E-state index in [4.69, 9.17) is 10.9 Å². The molecule has 16 heavy (non-hydrogen) atoms. The topological polar surface area (TPSA) is 58.6 Å². The standard InChI is InChI=1S/C13H28N2O/c1-3-4-5-6-7-8-9-10-11-12(2)13(14)15-16/h12,16H,3-11H2,1-2H3,(H2,14,15). The van der Waals surface area contributed by atoms with Crippen LogP contribution < -0.4 is 5.73 Å². The van der Waals surface area contributed by atoms with Crippen LogP contribution in [0.15, 0.2) is 5.16 Å². The minimum Gasteiger partial charge on any atom is -0.409 e. The van der Waals surface area contributed by atoms with E-state index >= 15 is 0 Å². The van der Waals surface area contributed by atoms with Crippen LogP contribution in [-0.4, -0.2) is 11.0 Å². The van der Waals surface area contributed by atoms with Crippen LogP contribution in [0.5, 0.6) is 0 Å². The molecule has 0 aromatic heterocycles. The van der Waals surface area contributed by atoms with Gasteiger partial charge in [0, 0.05) is 5.92 Å². The number of unbranched alkanes of at least 4 members (excludes halogenated alkanes) is 7. The van der Waals surface area contributed by atoms with Crippen molar-refractivity contribution in [3.05, 3.63) is 0 Å². The molecule has 3 heteroatoms. The Bertz CT molecular complexity index is 181. The second kappa shape index (κ2) is 10.8. The van der Waals surface area contributed by atoms with Crippen molar-refractivity contribution < 1.29 is 5.21 Å². The van der Waals surface area contributed by atoms with E-state index in [0.717, 1.165) is 6.42 Å². The Morgan fingerprint density at radius 3 is 2.06 bits per heavy atom. The Labute approximate surface area is 100 Å². The van der Waals surface area contributed by atoms with Gasteiger partial charge in [-0.1, -0.05) is 70.4 Å². The molecule has 0 radical (unpaired) electrons. The zero-order chi connectivity index (χ0) is 12.2. The minimum absolute atomic E-state index is 0.213. The third-order valence-electron chi connectivity index (χ3n) is 3.11. The Morgan fingerprint density at radius 2 is 1.56 bits per heavy atom. The molecule has 1 atom stereocenters. The van der Waals surface area contributed by atoms with E-state index in [1.54, 1.807) is 0 Å². The van der Waals surface area contributed by atoms with Gasteiger partial charge in [0.05, 0.1) is 0 Å². The molecular weight excluding hydrogens is 200 g/mol. The average Bonchev–Trinajstić information content (AvgIpc) is 2.31. The van der Waals surface area contributed by atoms with Gasteiger partial charge in [-0.15, -0.1) is 0 Å². The van der Waals surface area contributed by atoms with Crippen LogP contribution in [0.4, 0.5) is 0 Å². The van der Waals surface area contributed by atoms with Crippen molar-refractivity contribution in [3.8, 4) is 0 Å². The van der Waals surface area contributed by atoms with E-state index in [0.29, 0.717) is 5.84 Å². The number of hydrogen-bond donors (Lipinski definition) is 2. The van der Waals surface area contributed by atoms with Crippen molar-refractivity contribution in [2.24, 2.45) is 16.8 Å². The quantitative estimate of drug-likeness (QED) is 0.196. The van der Waals surface area contributed by atoms with Crippen LogP contribution in [0.2, 0.25) is 0 Å². The summed E-state index contributed by atoms with van der Waals surface area (Å²) in [6.45, 7) is 4.25. The van der Waals surface area contributed by atoms with Gasteiger partial charge in [0.1, 0.15) is 5.84 Å². The summed E-state index contributed by atoms with van der Waals surface area (Å²) in [5, 5.41) is 11.5. The highest BCUT2D eigenvalue weighted by atomic mass is 16.4. The summed E-state index contributed by atoms with van der Waals surface area (Å²) in [4.78, 5) is 0. The van der Waals surface area contributed by atoms with Crippen LogP contribution >= 0.6 is 0 Å². The lowest BCUT2D eigenvalue weighted by molar-refractivity contribution is 0.313. The predicted molar refractivity (Wildman–Crippen MR) is 69.8 cm³/mol. The van der Waals surface area contributed by atoms with Crippen molar-refractivity contribution in [2.75, 3.05) is 0 Å². The average molecular weight is 228 g/mol. The molecule has 0 saturated heterocycles. The van der Waals surface area contributed by atoms with Gasteiger partial charge in [-0.2, -0.15) is 0 Å². The SMILES string of the molecule is CCCCCCCCCCC(C)/C(N)=N/O. The van der Waals surface area contributed by atoms with Crippen LogP contribution in [0, 0.1) is 5.92 Å². The maximum absolute atomic E-state index is 8.49. The van der Waals surface area contributed by atoms with Crippen molar-refractivity contribution in [1.82, 2.24) is 0 Å². The van der Waals surface area contributed by atoms with Crippen LogP contribution in [-0.2, 0) is 0 Å². The summed E-state index contributed by atoms with van der Waals surface area (Å²) < 4.78 is 0. The molecule has 0 aliphatic heterocycles. The van der Waals surface area contributed by atoms with Gasteiger partial charge in [0.15, 0.2) is 0 Å². The number of oxime groups is 1. The highest BCUT2D eigenvalue weighted by molar-refractivity contribution is 5.81. The first-order chi connectivity index (χ1) is 7.72. The van der Waals surface area contributed by atoms with Crippen molar-refractivity contribution in [3.63, 3.8) is 0 Å². The molecule has 0 saturated carbocycles. The molecule has 0 spiro atoms. The third kappa shape index (κ3) is 8.57. The van der Waals surface area contributed by atoms with Crippen molar-refractivity contribution in [2.45, 2.75) is 71.6 Å². The maximum atomic E-state index is 8.49. The smallest absolute Gasteiger partial charge is 0.141 e. The minimum atomic E-state index is 0.213. The van der Waals surface area contributed by atoms with E-state index in [-0.39, 0.29) is 5.92 Å². The summed E-state index contributed by atoms with van der Waals surface area (Å²) in [6.07, 6.45) is 11.6. The van der Waals surface area contributed by atoms with E-state index < -0.39 is 0 Å². The van der Waals surface area contributed by atoms with Gasteiger partial charge < -0.3 is 10.9 Å². The lowest BCUT2D eigenvalue weighted by Gasteiger charge is -2.08. The first-order valence-electron chi connectivity index (χ1n) is 6.69. The Morgan fingerprint density at radius 1 is 1.06 bits per heavy atom. The van der Waals surface area contributed by atoms with Gasteiger partial charge in [-0.05, 0) is 6.42 Å². The molecule has 0 aromatic rings. The highest BCUT2D eigenvalue weighted by Crippen LogP contribution is 2.13.